The van der Waals surface area contributed by atoms with E-state index in [1.54, 1.807) is 0 Å². The number of benzene rings is 2. The molecule has 0 aliphatic heterocycles. The Bertz CT molecular complexity index is 814. The van der Waals surface area contributed by atoms with Gasteiger partial charge in [-0.2, -0.15) is 0 Å². The lowest BCUT2D eigenvalue weighted by atomic mass is 10.0. The first-order valence-electron chi connectivity index (χ1n) is 7.82. The fraction of sp³-hybridized carbons (Fsp3) is 0.263. The highest BCUT2D eigenvalue weighted by Crippen LogP contribution is 2.36. The zero-order chi connectivity index (χ0) is 16.4. The van der Waals surface area contributed by atoms with Gasteiger partial charge in [0.15, 0.2) is 0 Å². The molecule has 1 aromatic heterocycles. The van der Waals surface area contributed by atoms with E-state index in [4.69, 9.17) is 17.3 Å². The quantitative estimate of drug-likeness (QED) is 0.666. The van der Waals surface area contributed by atoms with Crippen LogP contribution in [0.3, 0.4) is 0 Å². The van der Waals surface area contributed by atoms with Crippen molar-refractivity contribution in [2.75, 3.05) is 20.6 Å². The van der Waals surface area contributed by atoms with E-state index >= 15 is 0 Å². The summed E-state index contributed by atoms with van der Waals surface area (Å²) < 4.78 is 2.33. The highest BCUT2D eigenvalue weighted by atomic mass is 35.5. The molecule has 2 aromatic carbocycles. The minimum atomic E-state index is 0. The molecule has 136 valence electrons. The number of halogens is 3. The summed E-state index contributed by atoms with van der Waals surface area (Å²) in [5.41, 5.74) is 10.8. The van der Waals surface area contributed by atoms with E-state index in [-0.39, 0.29) is 24.8 Å². The molecule has 0 aliphatic carbocycles. The van der Waals surface area contributed by atoms with Crippen LogP contribution in [-0.4, -0.2) is 30.1 Å². The summed E-state index contributed by atoms with van der Waals surface area (Å²) in [5, 5.41) is 1.95. The highest BCUT2D eigenvalue weighted by Gasteiger charge is 2.18. The van der Waals surface area contributed by atoms with Crippen molar-refractivity contribution in [3.05, 3.63) is 59.2 Å². The summed E-state index contributed by atoms with van der Waals surface area (Å²) in [5.74, 6) is 0. The van der Waals surface area contributed by atoms with Crippen LogP contribution in [0.1, 0.15) is 5.69 Å². The second kappa shape index (κ2) is 9.46. The van der Waals surface area contributed by atoms with E-state index < -0.39 is 0 Å². The highest BCUT2D eigenvalue weighted by molar-refractivity contribution is 6.31. The topological polar surface area (TPSA) is 34.2 Å². The monoisotopic (exact) mass is 399 g/mol. The van der Waals surface area contributed by atoms with Gasteiger partial charge < -0.3 is 15.2 Å². The van der Waals surface area contributed by atoms with Crippen LogP contribution in [0.15, 0.2) is 48.5 Å². The molecule has 3 rings (SSSR count). The van der Waals surface area contributed by atoms with E-state index in [9.17, 15) is 0 Å². The molecule has 0 spiro atoms. The van der Waals surface area contributed by atoms with Crippen LogP contribution in [0.25, 0.3) is 22.0 Å². The minimum Gasteiger partial charge on any atom is -0.341 e. The van der Waals surface area contributed by atoms with Gasteiger partial charge in [0, 0.05) is 46.8 Å². The van der Waals surface area contributed by atoms with Crippen molar-refractivity contribution in [2.24, 2.45) is 5.73 Å². The first kappa shape index (κ1) is 21.8. The maximum absolute atomic E-state index is 6.28. The summed E-state index contributed by atoms with van der Waals surface area (Å²) in [6.07, 6.45) is 0. The van der Waals surface area contributed by atoms with Crippen LogP contribution >= 0.6 is 36.4 Å². The van der Waals surface area contributed by atoms with E-state index in [0.29, 0.717) is 6.54 Å². The first-order valence-corrected chi connectivity index (χ1v) is 8.20. The van der Waals surface area contributed by atoms with Crippen molar-refractivity contribution in [2.45, 2.75) is 13.1 Å². The number of hydrogen-bond donors (Lipinski definition) is 1. The molecule has 0 unspecified atom stereocenters. The molecule has 0 radical (unpaired) electrons. The second-order valence-corrected chi connectivity index (χ2v) is 6.46. The number of fused-ring (bicyclic) bond motifs is 1. The van der Waals surface area contributed by atoms with Gasteiger partial charge in [0.25, 0.3) is 0 Å². The third kappa shape index (κ3) is 4.49. The van der Waals surface area contributed by atoms with Gasteiger partial charge >= 0.3 is 0 Å². The molecule has 0 aliphatic rings. The van der Waals surface area contributed by atoms with Crippen molar-refractivity contribution in [1.82, 2.24) is 9.47 Å². The van der Waals surface area contributed by atoms with Crippen molar-refractivity contribution < 1.29 is 0 Å². The normalized spacial score (nSPS) is 10.6. The van der Waals surface area contributed by atoms with Gasteiger partial charge in [0.05, 0.1) is 0 Å². The van der Waals surface area contributed by atoms with E-state index in [2.05, 4.69) is 60.0 Å². The van der Waals surface area contributed by atoms with Crippen molar-refractivity contribution in [1.29, 1.82) is 0 Å². The van der Waals surface area contributed by atoms with Gasteiger partial charge in [-0.05, 0) is 37.9 Å². The lowest BCUT2D eigenvalue weighted by Crippen LogP contribution is -2.18. The molecule has 1 heterocycles. The maximum Gasteiger partial charge on any atom is 0.0490 e. The largest absolute Gasteiger partial charge is 0.341 e. The third-order valence-electron chi connectivity index (χ3n) is 4.01. The summed E-state index contributed by atoms with van der Waals surface area (Å²) in [6, 6.07) is 16.6. The predicted octanol–water partition coefficient (Wildman–Crippen LogP) is 4.83. The first-order chi connectivity index (χ1) is 11.1. The van der Waals surface area contributed by atoms with Crippen molar-refractivity contribution in [3.63, 3.8) is 0 Å². The summed E-state index contributed by atoms with van der Waals surface area (Å²) >= 11 is 6.28. The summed E-state index contributed by atoms with van der Waals surface area (Å²) in [7, 11) is 4.18. The van der Waals surface area contributed by atoms with Gasteiger partial charge in [-0.3, -0.25) is 0 Å². The van der Waals surface area contributed by atoms with Crippen LogP contribution in [-0.2, 0) is 13.1 Å². The lowest BCUT2D eigenvalue weighted by molar-refractivity contribution is 0.389. The molecular weight excluding hydrogens is 377 g/mol. The van der Waals surface area contributed by atoms with E-state index in [1.165, 1.54) is 27.7 Å². The Morgan fingerprint density at radius 2 is 1.72 bits per heavy atom. The summed E-state index contributed by atoms with van der Waals surface area (Å²) in [6.45, 7) is 2.27. The molecule has 6 heteroatoms. The van der Waals surface area contributed by atoms with Crippen LogP contribution in [0.4, 0.5) is 0 Å². The van der Waals surface area contributed by atoms with Crippen LogP contribution < -0.4 is 5.73 Å². The number of nitrogens with two attached hydrogens (primary N) is 1. The fourth-order valence-electron chi connectivity index (χ4n) is 3.16. The number of nitrogens with zero attached hydrogens (tertiary/aromatic N) is 2. The average Bonchev–Trinajstić information content (AvgIpc) is 2.81. The summed E-state index contributed by atoms with van der Waals surface area (Å²) in [4.78, 5) is 2.19. The Morgan fingerprint density at radius 3 is 2.32 bits per heavy atom. The lowest BCUT2D eigenvalue weighted by Gasteiger charge is -2.16. The van der Waals surface area contributed by atoms with Crippen molar-refractivity contribution >= 4 is 47.3 Å². The Morgan fingerprint density at radius 1 is 1.04 bits per heavy atom. The Labute approximate surface area is 166 Å². The zero-order valence-electron chi connectivity index (χ0n) is 14.4. The molecule has 0 saturated carbocycles. The smallest absolute Gasteiger partial charge is 0.0490 e. The maximum atomic E-state index is 6.28. The Balaban J connectivity index is 0.00000156. The molecule has 0 bridgehead atoms. The molecular formula is C19H24Cl3N3. The van der Waals surface area contributed by atoms with Crippen LogP contribution in [0.2, 0.25) is 5.02 Å². The molecule has 0 amide bonds. The standard InChI is InChI=1S/C19H22ClN3.2ClH/c1-22(2)13-18-19(14-6-4-3-5-7-14)16-12-15(20)8-9-17(16)23(18)11-10-21;;/h3-9,12H,10-11,13,21H2,1-2H3;2*1H. The van der Waals surface area contributed by atoms with Crippen LogP contribution in [0, 0.1) is 0 Å². The Kier molecular flexibility index (Phi) is 8.26. The molecule has 3 aromatic rings. The average molecular weight is 401 g/mol. The molecule has 0 fully saturated rings. The SMILES string of the molecule is CN(C)Cc1c(-c2ccccc2)c2cc(Cl)ccc2n1CCN.Cl.Cl. The number of rotatable bonds is 5. The van der Waals surface area contributed by atoms with Crippen LogP contribution in [0.5, 0.6) is 0 Å². The molecule has 25 heavy (non-hydrogen) atoms. The number of aromatic nitrogens is 1. The zero-order valence-corrected chi connectivity index (χ0v) is 16.8. The van der Waals surface area contributed by atoms with E-state index in [0.717, 1.165) is 18.1 Å². The Hall–Kier alpha value is -1.23. The van der Waals surface area contributed by atoms with E-state index in [1.807, 2.05) is 12.1 Å². The minimum absolute atomic E-state index is 0. The molecule has 3 nitrogen and oxygen atoms in total. The van der Waals surface area contributed by atoms with Crippen molar-refractivity contribution in [3.8, 4) is 11.1 Å². The second-order valence-electron chi connectivity index (χ2n) is 6.03. The third-order valence-corrected chi connectivity index (χ3v) is 4.25. The number of hydrogen-bond acceptors (Lipinski definition) is 2. The molecule has 2 N–H and O–H groups in total. The molecule has 0 atom stereocenters. The predicted molar refractivity (Wildman–Crippen MR) is 113 cm³/mol. The fourth-order valence-corrected chi connectivity index (χ4v) is 3.33. The van der Waals surface area contributed by atoms with Gasteiger partial charge in [-0.15, -0.1) is 24.8 Å². The van der Waals surface area contributed by atoms with Gasteiger partial charge in [-0.1, -0.05) is 41.9 Å². The van der Waals surface area contributed by atoms with Gasteiger partial charge in [-0.25, -0.2) is 0 Å². The van der Waals surface area contributed by atoms with Gasteiger partial charge in [0.1, 0.15) is 0 Å². The van der Waals surface area contributed by atoms with Gasteiger partial charge in [0.2, 0.25) is 0 Å². The molecule has 0 saturated heterocycles.